The van der Waals surface area contributed by atoms with Gasteiger partial charge in [-0.1, -0.05) is 25.3 Å². The maximum Gasteiger partial charge on any atom is 0.306 e. The number of rotatable bonds is 13. The molecule has 10 nitrogen and oxygen atoms in total. The molecule has 3 N–H and O–H groups in total. The largest absolute Gasteiger partial charge is 0.466 e. The summed E-state index contributed by atoms with van der Waals surface area (Å²) in [5.41, 5.74) is 14.9. The number of hydrogen-bond acceptors (Lipinski definition) is 6. The van der Waals surface area contributed by atoms with Gasteiger partial charge in [0.25, 0.3) is 0 Å². The summed E-state index contributed by atoms with van der Waals surface area (Å²) in [6.45, 7) is 20.0. The Bertz CT molecular complexity index is 2280. The minimum atomic E-state index is -0.248. The van der Waals surface area contributed by atoms with E-state index < -0.39 is 0 Å². The number of allylic oxidation sites excluding steroid dienone is 4. The van der Waals surface area contributed by atoms with Crippen LogP contribution in [0.3, 0.4) is 0 Å². The first kappa shape index (κ1) is 36.0. The molecule has 6 rings (SSSR count). The normalized spacial score (nSPS) is 12.7. The zero-order valence-corrected chi connectivity index (χ0v) is 30.8. The van der Waals surface area contributed by atoms with Crippen LogP contribution in [0.2, 0.25) is 0 Å². The number of carbonyl (C=O) groups is 2. The molecule has 0 radical (unpaired) electrons. The van der Waals surface area contributed by atoms with Crippen LogP contribution < -0.4 is 5.32 Å². The van der Waals surface area contributed by atoms with Crippen LogP contribution in [0.4, 0.5) is 0 Å². The van der Waals surface area contributed by atoms with Gasteiger partial charge in [-0.05, 0) is 112 Å². The van der Waals surface area contributed by atoms with Gasteiger partial charge in [-0.15, -0.1) is 0 Å². The third-order valence-electron chi connectivity index (χ3n) is 10.0. The minimum Gasteiger partial charge on any atom is -0.466 e. The molecule has 4 aromatic heterocycles. The molecule has 0 fully saturated rings. The number of nitrogens with zero attached hydrogens (tertiary/aromatic N) is 4. The first-order valence-electron chi connectivity index (χ1n) is 17.9. The lowest BCUT2D eigenvalue weighted by molar-refractivity contribution is -0.142. The molecule has 0 aromatic carbocycles. The highest BCUT2D eigenvalue weighted by atomic mass is 16.5. The average Bonchev–Trinajstić information content (AvgIpc) is 3.92. The Morgan fingerprint density at radius 1 is 0.808 bits per heavy atom. The number of aryl methyl sites for hydroxylation is 3. The molecule has 10 heteroatoms. The molecule has 0 saturated carbocycles. The quantitative estimate of drug-likeness (QED) is 0.0948. The zero-order valence-electron chi connectivity index (χ0n) is 30.8. The molecule has 2 aliphatic heterocycles. The van der Waals surface area contributed by atoms with E-state index in [1.165, 1.54) is 0 Å². The molecular weight excluding hydrogens is 651 g/mol. The summed E-state index contributed by atoms with van der Waals surface area (Å²) < 4.78 is 7.27. The van der Waals surface area contributed by atoms with Gasteiger partial charge in [0.15, 0.2) is 0 Å². The molecule has 6 heterocycles. The smallest absolute Gasteiger partial charge is 0.306 e. The fourth-order valence-corrected chi connectivity index (χ4v) is 7.00. The highest BCUT2D eigenvalue weighted by Crippen LogP contribution is 2.38. The maximum absolute atomic E-state index is 13.1. The van der Waals surface area contributed by atoms with E-state index in [1.807, 2.05) is 42.8 Å². The number of aromatic amines is 2. The van der Waals surface area contributed by atoms with Crippen LogP contribution in [-0.4, -0.2) is 54.5 Å². The number of nitrogens with one attached hydrogen (secondary N) is 3. The maximum atomic E-state index is 13.1. The Balaban J connectivity index is 1.48. The van der Waals surface area contributed by atoms with Crippen LogP contribution in [0.15, 0.2) is 56.1 Å². The number of amides is 1. The van der Waals surface area contributed by atoms with E-state index in [2.05, 4.69) is 72.4 Å². The van der Waals surface area contributed by atoms with Gasteiger partial charge in [-0.2, -0.15) is 0 Å². The second kappa shape index (κ2) is 15.6. The molecule has 0 saturated heterocycles. The Morgan fingerprint density at radius 3 is 1.96 bits per heavy atom. The van der Waals surface area contributed by atoms with Gasteiger partial charge in [-0.25, -0.2) is 15.0 Å². The van der Waals surface area contributed by atoms with E-state index >= 15 is 0 Å². The summed E-state index contributed by atoms with van der Waals surface area (Å²) in [6.07, 6.45) is 11.5. The van der Waals surface area contributed by atoms with Crippen molar-refractivity contribution in [3.8, 4) is 0 Å². The molecule has 0 aliphatic carbocycles. The summed E-state index contributed by atoms with van der Waals surface area (Å²) in [7, 11) is 0. The number of fused-ring (bicyclic) bond motifs is 8. The van der Waals surface area contributed by atoms with Gasteiger partial charge in [0, 0.05) is 71.5 Å². The summed E-state index contributed by atoms with van der Waals surface area (Å²) >= 11 is 0. The molecule has 0 unspecified atom stereocenters. The molecule has 0 atom stereocenters. The first-order chi connectivity index (χ1) is 25.1. The minimum absolute atomic E-state index is 0.00939. The van der Waals surface area contributed by atoms with Crippen LogP contribution in [-0.2, 0) is 20.9 Å². The summed E-state index contributed by atoms with van der Waals surface area (Å²) in [4.78, 5) is 47.2. The Labute approximate surface area is 304 Å². The van der Waals surface area contributed by atoms with E-state index in [0.29, 0.717) is 32.4 Å². The van der Waals surface area contributed by atoms with Crippen LogP contribution >= 0.6 is 0 Å². The summed E-state index contributed by atoms with van der Waals surface area (Å²) in [5, 5.41) is 3.07. The zero-order chi connectivity index (χ0) is 36.9. The summed E-state index contributed by atoms with van der Waals surface area (Å²) in [6, 6.07) is 8.24. The number of carbonyl (C=O) groups excluding carboxylic acids is 2. The van der Waals surface area contributed by atoms with Crippen molar-refractivity contribution < 1.29 is 14.3 Å². The average molecular weight is 698 g/mol. The first-order valence-corrected chi connectivity index (χ1v) is 17.9. The number of esters is 1. The third kappa shape index (κ3) is 7.46. The molecule has 52 heavy (non-hydrogen) atoms. The van der Waals surface area contributed by atoms with Crippen molar-refractivity contribution in [1.82, 2.24) is 34.8 Å². The van der Waals surface area contributed by atoms with Crippen molar-refractivity contribution in [1.29, 1.82) is 0 Å². The van der Waals surface area contributed by atoms with Crippen LogP contribution in [0, 0.1) is 13.8 Å². The standard InChI is InChI=1S/C42H47N7O3/c1-8-29-25(4)33-20-34-27(6)31(12-14-41(50)44-16-11-18-49-19-17-43-24-49)39(47-34)23-40-32(13-15-42(51)52-10-3)28(7)36(48-40)22-38-30(9-2)26(5)35(46-38)21-37(29)45-33/h8-9,17,19-24,45-46H,1-2,10-16,18H2,3-7H3,(H,44,50). The van der Waals surface area contributed by atoms with E-state index in [1.54, 1.807) is 12.5 Å². The second-order valence-corrected chi connectivity index (χ2v) is 13.2. The Morgan fingerprint density at radius 2 is 1.38 bits per heavy atom. The highest BCUT2D eigenvalue weighted by Gasteiger charge is 2.23. The van der Waals surface area contributed by atoms with Crippen molar-refractivity contribution in [2.24, 2.45) is 0 Å². The lowest BCUT2D eigenvalue weighted by Crippen LogP contribution is -2.24. The Hall–Kier alpha value is -5.77. The van der Waals surface area contributed by atoms with Gasteiger partial charge >= 0.3 is 5.97 Å². The van der Waals surface area contributed by atoms with Crippen LogP contribution in [0.5, 0.6) is 0 Å². The van der Waals surface area contributed by atoms with Crippen molar-refractivity contribution in [2.45, 2.75) is 73.3 Å². The predicted octanol–water partition coefficient (Wildman–Crippen LogP) is 8.61. The number of hydrogen-bond donors (Lipinski definition) is 3. The molecule has 268 valence electrons. The molecule has 1 amide bonds. The number of aromatic nitrogens is 6. The van der Waals surface area contributed by atoms with Gasteiger partial charge < -0.3 is 24.6 Å². The molecule has 4 aromatic rings. The van der Waals surface area contributed by atoms with E-state index in [4.69, 9.17) is 14.7 Å². The highest BCUT2D eigenvalue weighted by molar-refractivity contribution is 5.97. The fourth-order valence-electron chi connectivity index (χ4n) is 7.00. The lowest BCUT2D eigenvalue weighted by atomic mass is 9.98. The van der Waals surface area contributed by atoms with E-state index in [9.17, 15) is 9.59 Å². The van der Waals surface area contributed by atoms with Gasteiger partial charge in [-0.3, -0.25) is 9.59 Å². The van der Waals surface area contributed by atoms with Crippen molar-refractivity contribution >= 4 is 68.4 Å². The van der Waals surface area contributed by atoms with Gasteiger partial charge in [0.05, 0.1) is 35.7 Å². The molecule has 2 aliphatic rings. The summed E-state index contributed by atoms with van der Waals surface area (Å²) in [5.74, 6) is -0.257. The van der Waals surface area contributed by atoms with Crippen LogP contribution in [0.1, 0.15) is 97.9 Å². The second-order valence-electron chi connectivity index (χ2n) is 13.2. The predicted molar refractivity (Wildman–Crippen MR) is 211 cm³/mol. The van der Waals surface area contributed by atoms with Crippen molar-refractivity contribution in [3.63, 3.8) is 0 Å². The fraction of sp³-hybridized carbons (Fsp3) is 0.310. The van der Waals surface area contributed by atoms with Crippen LogP contribution in [0.25, 0.3) is 56.5 Å². The van der Waals surface area contributed by atoms with E-state index in [-0.39, 0.29) is 18.3 Å². The van der Waals surface area contributed by atoms with Crippen molar-refractivity contribution in [2.75, 3.05) is 13.2 Å². The number of imidazole rings is 1. The lowest BCUT2D eigenvalue weighted by Gasteiger charge is -2.08. The number of H-pyrrole nitrogens is 2. The molecule has 8 bridgehead atoms. The number of ether oxygens (including phenoxy) is 1. The molecule has 0 spiro atoms. The van der Waals surface area contributed by atoms with Crippen molar-refractivity contribution in [3.05, 3.63) is 101 Å². The SMILES string of the molecule is C=Cc1c(C)c2cc3[nH]c(cc4nc(cc5nc(cc1[nH]2)C(C)=C5CCC(=O)OCC)C(CCC(=O)NCCCn1ccnc1)=C4C)c(C)c3C=C. The topological polar surface area (TPSA) is 131 Å². The Kier molecular flexibility index (Phi) is 10.8. The van der Waals surface area contributed by atoms with E-state index in [0.717, 1.165) is 102 Å². The van der Waals surface area contributed by atoms with Gasteiger partial charge in [0.2, 0.25) is 5.91 Å². The monoisotopic (exact) mass is 697 g/mol. The molecular formula is C42H47N7O3. The third-order valence-corrected chi connectivity index (χ3v) is 10.0. The van der Waals surface area contributed by atoms with Gasteiger partial charge in [0.1, 0.15) is 0 Å².